The van der Waals surface area contributed by atoms with Gasteiger partial charge in [0.15, 0.2) is 0 Å². The van der Waals surface area contributed by atoms with E-state index in [4.69, 9.17) is 4.74 Å². The minimum absolute atomic E-state index is 0.156. The van der Waals surface area contributed by atoms with Crippen LogP contribution in [0.1, 0.15) is 15.9 Å². The van der Waals surface area contributed by atoms with Gasteiger partial charge in [-0.05, 0) is 29.8 Å². The van der Waals surface area contributed by atoms with Crippen molar-refractivity contribution in [2.24, 2.45) is 5.10 Å². The summed E-state index contributed by atoms with van der Waals surface area (Å²) in [6.45, 7) is -0.156. The molecule has 0 aromatic heterocycles. The molecule has 0 aliphatic heterocycles. The molecule has 2 aromatic carbocycles. The fraction of sp³-hybridized carbons (Fsp3) is 0.118. The third-order valence-electron chi connectivity index (χ3n) is 2.96. The predicted octanol–water partition coefficient (Wildman–Crippen LogP) is 1.58. The number of methoxy groups -OCH3 is 1. The SMILES string of the molecule is COc1ccc(C(=O)NCC(=O)N/N=C/c2ccccc2)cc1. The van der Waals surface area contributed by atoms with Gasteiger partial charge in [0.2, 0.25) is 0 Å². The third kappa shape index (κ3) is 5.28. The van der Waals surface area contributed by atoms with E-state index in [0.717, 1.165) is 5.56 Å². The molecule has 2 N–H and O–H groups in total. The van der Waals surface area contributed by atoms with Gasteiger partial charge in [0.25, 0.3) is 11.8 Å². The number of amides is 2. The number of hydrogen-bond donors (Lipinski definition) is 2. The highest BCUT2D eigenvalue weighted by Crippen LogP contribution is 2.10. The molecule has 0 atom stereocenters. The summed E-state index contributed by atoms with van der Waals surface area (Å²) in [5.41, 5.74) is 3.67. The summed E-state index contributed by atoms with van der Waals surface area (Å²) in [6, 6.07) is 16.0. The number of nitrogens with one attached hydrogen (secondary N) is 2. The van der Waals surface area contributed by atoms with Crippen LogP contribution in [-0.2, 0) is 4.79 Å². The van der Waals surface area contributed by atoms with Crippen molar-refractivity contribution < 1.29 is 14.3 Å². The first-order valence-electron chi connectivity index (χ1n) is 6.98. The van der Waals surface area contributed by atoms with E-state index in [9.17, 15) is 9.59 Å². The molecule has 0 aliphatic carbocycles. The Bertz CT molecular complexity index is 682. The van der Waals surface area contributed by atoms with Crippen LogP contribution < -0.4 is 15.5 Å². The van der Waals surface area contributed by atoms with Gasteiger partial charge in [0.1, 0.15) is 5.75 Å². The van der Waals surface area contributed by atoms with E-state index in [0.29, 0.717) is 11.3 Å². The van der Waals surface area contributed by atoms with E-state index in [1.54, 1.807) is 31.4 Å². The van der Waals surface area contributed by atoms with Crippen LogP contribution in [0.5, 0.6) is 5.75 Å². The summed E-state index contributed by atoms with van der Waals surface area (Å²) in [5, 5.41) is 6.34. The summed E-state index contributed by atoms with van der Waals surface area (Å²) in [5.74, 6) is -0.0802. The van der Waals surface area contributed by atoms with E-state index in [1.165, 1.54) is 6.21 Å². The average Bonchev–Trinajstić information content (AvgIpc) is 2.60. The predicted molar refractivity (Wildman–Crippen MR) is 87.5 cm³/mol. The first kappa shape index (κ1) is 16.2. The first-order chi connectivity index (χ1) is 11.2. The van der Waals surface area contributed by atoms with E-state index >= 15 is 0 Å². The van der Waals surface area contributed by atoms with Crippen molar-refractivity contribution in [1.29, 1.82) is 0 Å². The summed E-state index contributed by atoms with van der Waals surface area (Å²) in [6.07, 6.45) is 1.53. The number of rotatable bonds is 6. The summed E-state index contributed by atoms with van der Waals surface area (Å²) in [7, 11) is 1.55. The number of hydrazone groups is 1. The highest BCUT2D eigenvalue weighted by molar-refractivity contribution is 5.96. The zero-order valence-electron chi connectivity index (χ0n) is 12.7. The molecule has 23 heavy (non-hydrogen) atoms. The van der Waals surface area contributed by atoms with Crippen molar-refractivity contribution in [3.05, 3.63) is 65.7 Å². The Hall–Kier alpha value is -3.15. The maximum atomic E-state index is 11.9. The van der Waals surface area contributed by atoms with Gasteiger partial charge in [-0.3, -0.25) is 9.59 Å². The van der Waals surface area contributed by atoms with E-state index in [-0.39, 0.29) is 12.5 Å². The van der Waals surface area contributed by atoms with E-state index in [2.05, 4.69) is 15.8 Å². The zero-order valence-corrected chi connectivity index (χ0v) is 12.7. The molecule has 0 unspecified atom stereocenters. The largest absolute Gasteiger partial charge is 0.497 e. The minimum atomic E-state index is -0.404. The summed E-state index contributed by atoms with van der Waals surface area (Å²) >= 11 is 0. The molecule has 0 spiro atoms. The molecule has 0 heterocycles. The molecular weight excluding hydrogens is 294 g/mol. The lowest BCUT2D eigenvalue weighted by Gasteiger charge is -2.05. The molecule has 0 fully saturated rings. The van der Waals surface area contributed by atoms with Gasteiger partial charge in [-0.25, -0.2) is 5.43 Å². The van der Waals surface area contributed by atoms with Crippen LogP contribution in [0, 0.1) is 0 Å². The average molecular weight is 311 g/mol. The monoisotopic (exact) mass is 311 g/mol. The van der Waals surface area contributed by atoms with Gasteiger partial charge < -0.3 is 10.1 Å². The molecule has 6 nitrogen and oxygen atoms in total. The van der Waals surface area contributed by atoms with Crippen molar-refractivity contribution in [2.45, 2.75) is 0 Å². The maximum absolute atomic E-state index is 11.9. The van der Waals surface area contributed by atoms with Crippen molar-refractivity contribution in [1.82, 2.24) is 10.7 Å². The second kappa shape index (κ2) is 8.33. The third-order valence-corrected chi connectivity index (χ3v) is 2.96. The van der Waals surface area contributed by atoms with Gasteiger partial charge in [-0.2, -0.15) is 5.10 Å². The van der Waals surface area contributed by atoms with Crippen molar-refractivity contribution in [2.75, 3.05) is 13.7 Å². The quantitative estimate of drug-likeness (QED) is 0.628. The molecule has 2 amide bonds. The van der Waals surface area contributed by atoms with Crippen LogP contribution in [0.25, 0.3) is 0 Å². The Morgan fingerprint density at radius 1 is 1.09 bits per heavy atom. The van der Waals surface area contributed by atoms with Gasteiger partial charge in [0, 0.05) is 5.56 Å². The highest BCUT2D eigenvalue weighted by atomic mass is 16.5. The molecule has 0 aliphatic rings. The number of carbonyl (C=O) groups is 2. The van der Waals surface area contributed by atoms with Crippen LogP contribution in [0.2, 0.25) is 0 Å². The van der Waals surface area contributed by atoms with E-state index in [1.807, 2.05) is 30.3 Å². The number of benzene rings is 2. The number of hydrogen-bond acceptors (Lipinski definition) is 4. The van der Waals surface area contributed by atoms with Crippen LogP contribution in [-0.4, -0.2) is 31.7 Å². The van der Waals surface area contributed by atoms with Crippen molar-refractivity contribution in [3.63, 3.8) is 0 Å². The summed E-state index contributed by atoms with van der Waals surface area (Å²) in [4.78, 5) is 23.5. The molecule has 6 heteroatoms. The standard InChI is InChI=1S/C17H17N3O3/c1-23-15-9-7-14(8-10-15)17(22)18-12-16(21)20-19-11-13-5-3-2-4-6-13/h2-11H,12H2,1H3,(H,18,22)(H,20,21)/b19-11+. The fourth-order valence-corrected chi connectivity index (χ4v) is 1.76. The zero-order chi connectivity index (χ0) is 16.5. The Labute approximate surface area is 134 Å². The Kier molecular flexibility index (Phi) is 5.88. The molecule has 0 saturated carbocycles. The summed E-state index contributed by atoms with van der Waals surface area (Å²) < 4.78 is 5.02. The number of carbonyl (C=O) groups excluding carboxylic acids is 2. The maximum Gasteiger partial charge on any atom is 0.259 e. The van der Waals surface area contributed by atoms with Crippen LogP contribution in [0.3, 0.4) is 0 Å². The molecule has 118 valence electrons. The molecule has 2 aromatic rings. The van der Waals surface area contributed by atoms with Crippen LogP contribution in [0.4, 0.5) is 0 Å². The Balaban J connectivity index is 1.77. The molecular formula is C17H17N3O3. The molecule has 0 bridgehead atoms. The second-order valence-electron chi connectivity index (χ2n) is 4.62. The topological polar surface area (TPSA) is 79.8 Å². The van der Waals surface area contributed by atoms with Gasteiger partial charge >= 0.3 is 0 Å². The normalized spacial score (nSPS) is 10.3. The van der Waals surface area contributed by atoms with Gasteiger partial charge in [0.05, 0.1) is 19.9 Å². The highest BCUT2D eigenvalue weighted by Gasteiger charge is 2.07. The lowest BCUT2D eigenvalue weighted by atomic mass is 10.2. The van der Waals surface area contributed by atoms with Gasteiger partial charge in [-0.1, -0.05) is 30.3 Å². The van der Waals surface area contributed by atoms with Crippen molar-refractivity contribution >= 4 is 18.0 Å². The Morgan fingerprint density at radius 3 is 2.43 bits per heavy atom. The van der Waals surface area contributed by atoms with Gasteiger partial charge in [-0.15, -0.1) is 0 Å². The van der Waals surface area contributed by atoms with Crippen molar-refractivity contribution in [3.8, 4) is 5.75 Å². The molecule has 0 saturated heterocycles. The lowest BCUT2D eigenvalue weighted by molar-refractivity contribution is -0.120. The smallest absolute Gasteiger partial charge is 0.259 e. The number of nitrogens with zero attached hydrogens (tertiary/aromatic N) is 1. The molecule has 0 radical (unpaired) electrons. The number of ether oxygens (including phenoxy) is 1. The second-order valence-corrected chi connectivity index (χ2v) is 4.62. The van der Waals surface area contributed by atoms with E-state index < -0.39 is 5.91 Å². The van der Waals surface area contributed by atoms with Crippen LogP contribution >= 0.6 is 0 Å². The lowest BCUT2D eigenvalue weighted by Crippen LogP contribution is -2.34. The fourth-order valence-electron chi connectivity index (χ4n) is 1.76. The molecule has 2 rings (SSSR count). The minimum Gasteiger partial charge on any atom is -0.497 e. The first-order valence-corrected chi connectivity index (χ1v) is 6.98. The Morgan fingerprint density at radius 2 is 1.78 bits per heavy atom. The van der Waals surface area contributed by atoms with Crippen LogP contribution in [0.15, 0.2) is 59.7 Å².